The fourth-order valence-electron chi connectivity index (χ4n) is 2.90. The molecule has 2 saturated heterocycles. The van der Waals surface area contributed by atoms with Gasteiger partial charge in [0.1, 0.15) is 43.2 Å². The number of ether oxygens (including phenoxy) is 4. The zero-order valence-electron chi connectivity index (χ0n) is 14.5. The number of aliphatic hydroxyl groups is 8. The van der Waals surface area contributed by atoms with E-state index in [9.17, 15) is 45.6 Å². The van der Waals surface area contributed by atoms with E-state index in [1.54, 1.807) is 0 Å². The first-order chi connectivity index (χ1) is 13.1. The van der Waals surface area contributed by atoms with Crippen LogP contribution in [0.25, 0.3) is 0 Å². The van der Waals surface area contributed by atoms with Crippen LogP contribution in [0.2, 0.25) is 0 Å². The molecule has 2 fully saturated rings. The Morgan fingerprint density at radius 2 is 1.68 bits per heavy atom. The van der Waals surface area contributed by atoms with Crippen LogP contribution in [0.1, 0.15) is 0 Å². The molecule has 10 atom stereocenters. The van der Waals surface area contributed by atoms with E-state index in [-0.39, 0.29) is 0 Å². The third kappa shape index (κ3) is 4.19. The molecule has 0 aromatic rings. The molecule has 0 saturated carbocycles. The van der Waals surface area contributed by atoms with Gasteiger partial charge in [0.25, 0.3) is 5.79 Å². The predicted molar refractivity (Wildman–Crippen MR) is 83.9 cm³/mol. The minimum absolute atomic E-state index is 0.693. The number of hydrogen-bond donors (Lipinski definition) is 8. The van der Waals surface area contributed by atoms with Crippen LogP contribution < -0.4 is 0 Å². The molecule has 2 rings (SSSR count). The summed E-state index contributed by atoms with van der Waals surface area (Å²) in [6.45, 7) is 1.20. The van der Waals surface area contributed by atoms with Gasteiger partial charge in [-0.15, -0.1) is 0 Å². The highest BCUT2D eigenvalue weighted by molar-refractivity contribution is 5.81. The van der Waals surface area contributed by atoms with Gasteiger partial charge in [0.15, 0.2) is 18.7 Å². The molecule has 0 aliphatic carbocycles. The molecular formula is C15H24O13. The van der Waals surface area contributed by atoms with Crippen molar-refractivity contribution in [2.45, 2.75) is 61.1 Å². The molecule has 0 aromatic heterocycles. The average molecular weight is 412 g/mol. The zero-order chi connectivity index (χ0) is 21.2. The van der Waals surface area contributed by atoms with Gasteiger partial charge < -0.3 is 59.8 Å². The largest absolute Gasteiger partial charge is 0.424 e. The lowest BCUT2D eigenvalue weighted by molar-refractivity contribution is -0.415. The van der Waals surface area contributed by atoms with Gasteiger partial charge in [-0.1, -0.05) is 6.58 Å². The maximum Gasteiger partial charge on any atom is 0.332 e. The van der Waals surface area contributed by atoms with Gasteiger partial charge >= 0.3 is 5.97 Å². The molecule has 2 aliphatic heterocycles. The van der Waals surface area contributed by atoms with Gasteiger partial charge in [-0.25, -0.2) is 4.79 Å². The van der Waals surface area contributed by atoms with Crippen molar-refractivity contribution < 1.29 is 64.6 Å². The maximum atomic E-state index is 11.5. The third-order valence-corrected chi connectivity index (χ3v) is 4.51. The summed E-state index contributed by atoms with van der Waals surface area (Å²) in [4.78, 5) is 11.5. The Labute approximate surface area is 158 Å². The Balaban J connectivity index is 2.27. The van der Waals surface area contributed by atoms with E-state index in [0.717, 1.165) is 0 Å². The molecule has 162 valence electrons. The number of hydrogen-bond acceptors (Lipinski definition) is 13. The second-order valence-corrected chi connectivity index (χ2v) is 6.34. The SMILES string of the molecule is C=CC(=O)O[C@@]1(CO)O[C@H](O[C@H]2[C@H](O)[C@@H](O)[C@H](O)O[C@@H]2CO)[C@H](O)[C@H](O)[C@H]1O. The van der Waals surface area contributed by atoms with E-state index in [1.807, 2.05) is 0 Å². The standard InChI is InChI=1S/C15H24O13/c1-2-6(18)27-15(4-17)12(23)8(20)10(22)14(28-15)26-11-5(3-16)25-13(24)9(21)7(11)19/h2,5,7-14,16-17,19-24H,1,3-4H2/t5-,7-,8+,9-,10-,11-,12-,13-,14+,15+/m1/s1. The second-order valence-electron chi connectivity index (χ2n) is 6.34. The lowest BCUT2D eigenvalue weighted by atomic mass is 9.95. The van der Waals surface area contributed by atoms with Crippen LogP contribution in [-0.4, -0.2) is 121 Å². The van der Waals surface area contributed by atoms with E-state index in [0.29, 0.717) is 6.08 Å². The van der Waals surface area contributed by atoms with Crippen molar-refractivity contribution in [3.8, 4) is 0 Å². The minimum Gasteiger partial charge on any atom is -0.424 e. The Hall–Kier alpha value is -1.23. The van der Waals surface area contributed by atoms with Crippen molar-refractivity contribution in [2.75, 3.05) is 13.2 Å². The molecule has 2 aliphatic rings. The first kappa shape index (κ1) is 23.1. The third-order valence-electron chi connectivity index (χ3n) is 4.51. The predicted octanol–water partition coefficient (Wildman–Crippen LogP) is -5.34. The maximum absolute atomic E-state index is 11.5. The molecule has 0 aromatic carbocycles. The molecule has 0 spiro atoms. The first-order valence-corrected chi connectivity index (χ1v) is 8.26. The van der Waals surface area contributed by atoms with Crippen LogP contribution in [-0.2, 0) is 23.7 Å². The minimum atomic E-state index is -2.55. The van der Waals surface area contributed by atoms with Crippen LogP contribution in [0.3, 0.4) is 0 Å². The second kappa shape index (κ2) is 9.06. The number of esters is 1. The van der Waals surface area contributed by atoms with Crippen molar-refractivity contribution in [2.24, 2.45) is 0 Å². The van der Waals surface area contributed by atoms with Crippen LogP contribution in [0.4, 0.5) is 0 Å². The monoisotopic (exact) mass is 412 g/mol. The van der Waals surface area contributed by atoms with Crippen LogP contribution in [0, 0.1) is 0 Å². The number of rotatable bonds is 6. The van der Waals surface area contributed by atoms with Crippen molar-refractivity contribution in [3.05, 3.63) is 12.7 Å². The van der Waals surface area contributed by atoms with E-state index in [4.69, 9.17) is 18.9 Å². The number of carbonyl (C=O) groups excluding carboxylic acids is 1. The van der Waals surface area contributed by atoms with Gasteiger partial charge in [0.2, 0.25) is 0 Å². The first-order valence-electron chi connectivity index (χ1n) is 8.26. The molecule has 0 amide bonds. The van der Waals surface area contributed by atoms with Crippen molar-refractivity contribution >= 4 is 5.97 Å². The Bertz CT molecular complexity index is 556. The summed E-state index contributed by atoms with van der Waals surface area (Å²) < 4.78 is 20.1. The zero-order valence-corrected chi connectivity index (χ0v) is 14.5. The molecule has 0 unspecified atom stereocenters. The molecule has 2 heterocycles. The van der Waals surface area contributed by atoms with E-state index in [1.165, 1.54) is 0 Å². The lowest BCUT2D eigenvalue weighted by Gasteiger charge is -2.48. The number of aliphatic hydroxyl groups excluding tert-OH is 8. The summed E-state index contributed by atoms with van der Waals surface area (Å²) in [6.07, 6.45) is -15.8. The van der Waals surface area contributed by atoms with Crippen LogP contribution in [0.5, 0.6) is 0 Å². The highest BCUT2D eigenvalue weighted by Gasteiger charge is 2.58. The van der Waals surface area contributed by atoms with Crippen molar-refractivity contribution in [3.63, 3.8) is 0 Å². The van der Waals surface area contributed by atoms with E-state index >= 15 is 0 Å². The summed E-state index contributed by atoms with van der Waals surface area (Å²) in [5, 5.41) is 78.5. The average Bonchev–Trinajstić information content (AvgIpc) is 2.69. The highest BCUT2D eigenvalue weighted by Crippen LogP contribution is 2.34. The molecule has 8 N–H and O–H groups in total. The van der Waals surface area contributed by atoms with Gasteiger partial charge in [0.05, 0.1) is 6.61 Å². The molecule has 28 heavy (non-hydrogen) atoms. The van der Waals surface area contributed by atoms with Crippen molar-refractivity contribution in [1.29, 1.82) is 0 Å². The summed E-state index contributed by atoms with van der Waals surface area (Å²) in [5.74, 6) is -3.69. The van der Waals surface area contributed by atoms with Crippen molar-refractivity contribution in [1.82, 2.24) is 0 Å². The van der Waals surface area contributed by atoms with Gasteiger partial charge in [-0.3, -0.25) is 0 Å². The van der Waals surface area contributed by atoms with Crippen LogP contribution >= 0.6 is 0 Å². The van der Waals surface area contributed by atoms with E-state index < -0.39 is 80.3 Å². The molecule has 13 nitrogen and oxygen atoms in total. The molecule has 13 heteroatoms. The highest BCUT2D eigenvalue weighted by atomic mass is 16.8. The Kier molecular flexibility index (Phi) is 7.46. The van der Waals surface area contributed by atoms with Crippen LogP contribution in [0.15, 0.2) is 12.7 Å². The fourth-order valence-corrected chi connectivity index (χ4v) is 2.90. The van der Waals surface area contributed by atoms with Gasteiger partial charge in [-0.2, -0.15) is 0 Å². The summed E-state index contributed by atoms with van der Waals surface area (Å²) >= 11 is 0. The normalized spacial score (nSPS) is 46.8. The molecule has 0 bridgehead atoms. The smallest absolute Gasteiger partial charge is 0.332 e. The fraction of sp³-hybridized carbons (Fsp3) is 0.800. The number of carbonyl (C=O) groups is 1. The summed E-state index contributed by atoms with van der Waals surface area (Å²) in [5.41, 5.74) is 0. The van der Waals surface area contributed by atoms with Gasteiger partial charge in [-0.05, 0) is 0 Å². The summed E-state index contributed by atoms with van der Waals surface area (Å²) in [7, 11) is 0. The summed E-state index contributed by atoms with van der Waals surface area (Å²) in [6, 6.07) is 0. The quantitative estimate of drug-likeness (QED) is 0.151. The van der Waals surface area contributed by atoms with E-state index in [2.05, 4.69) is 6.58 Å². The Morgan fingerprint density at radius 1 is 1.04 bits per heavy atom. The Morgan fingerprint density at radius 3 is 2.21 bits per heavy atom. The van der Waals surface area contributed by atoms with Gasteiger partial charge in [0, 0.05) is 6.08 Å². The lowest BCUT2D eigenvalue weighted by Crippen LogP contribution is -2.69. The topological polar surface area (TPSA) is 216 Å². The molecular weight excluding hydrogens is 388 g/mol. The molecule has 0 radical (unpaired) electrons.